The van der Waals surface area contributed by atoms with Gasteiger partial charge in [0, 0.05) is 19.6 Å². The molecule has 1 aliphatic rings. The van der Waals surface area contributed by atoms with Gasteiger partial charge in [-0.2, -0.15) is 0 Å². The molecule has 2 rings (SSSR count). The quantitative estimate of drug-likeness (QED) is 0.895. The van der Waals surface area contributed by atoms with E-state index in [0.29, 0.717) is 5.41 Å². The van der Waals surface area contributed by atoms with Crippen molar-refractivity contribution in [3.8, 4) is 5.75 Å². The number of aryl methyl sites for hydroxylation is 2. The number of nitrogens with one attached hydrogen (secondary N) is 1. The highest BCUT2D eigenvalue weighted by Gasteiger charge is 2.29. The second-order valence-corrected chi connectivity index (χ2v) is 6.67. The van der Waals surface area contributed by atoms with Crippen LogP contribution in [-0.2, 0) is 6.54 Å². The van der Waals surface area contributed by atoms with Gasteiger partial charge in [0.15, 0.2) is 0 Å². The summed E-state index contributed by atoms with van der Waals surface area (Å²) in [6.07, 6.45) is 1.28. The molecule has 20 heavy (non-hydrogen) atoms. The minimum absolute atomic E-state index is 0.422. The molecule has 112 valence electrons. The summed E-state index contributed by atoms with van der Waals surface area (Å²) in [6, 6.07) is 4.50. The van der Waals surface area contributed by atoms with Gasteiger partial charge in [-0.25, -0.2) is 0 Å². The summed E-state index contributed by atoms with van der Waals surface area (Å²) in [4.78, 5) is 2.44. The van der Waals surface area contributed by atoms with Crippen LogP contribution >= 0.6 is 0 Å². The minimum atomic E-state index is 0.422. The maximum Gasteiger partial charge on any atom is 0.124 e. The number of nitrogens with zero attached hydrogens (tertiary/aromatic N) is 1. The van der Waals surface area contributed by atoms with E-state index in [2.05, 4.69) is 50.2 Å². The lowest BCUT2D eigenvalue weighted by atomic mass is 9.89. The molecule has 3 heteroatoms. The van der Waals surface area contributed by atoms with Crippen molar-refractivity contribution in [1.29, 1.82) is 0 Å². The largest absolute Gasteiger partial charge is 0.496 e. The molecule has 0 amide bonds. The third kappa shape index (κ3) is 3.53. The summed E-state index contributed by atoms with van der Waals surface area (Å²) in [5, 5.41) is 3.47. The number of ether oxygens (including phenoxy) is 1. The van der Waals surface area contributed by atoms with Crippen LogP contribution in [0.2, 0.25) is 0 Å². The summed E-state index contributed by atoms with van der Waals surface area (Å²) in [7, 11) is 3.97. The SMILES string of the molecule is COc1c(C)cc(CN(C)CC2(C)CCNC2)cc1C. The average Bonchev–Trinajstić information content (AvgIpc) is 2.74. The maximum atomic E-state index is 5.44. The van der Waals surface area contributed by atoms with Gasteiger partial charge in [-0.1, -0.05) is 19.1 Å². The van der Waals surface area contributed by atoms with Gasteiger partial charge in [0.05, 0.1) is 7.11 Å². The van der Waals surface area contributed by atoms with E-state index in [9.17, 15) is 0 Å². The standard InChI is InChI=1S/C17H28N2O/c1-13-8-15(9-14(2)16(13)20-5)10-19(4)12-17(3)6-7-18-11-17/h8-9,18H,6-7,10-12H2,1-5H3. The average molecular weight is 276 g/mol. The first-order chi connectivity index (χ1) is 9.43. The monoisotopic (exact) mass is 276 g/mol. The van der Waals surface area contributed by atoms with E-state index in [1.165, 1.54) is 23.1 Å². The van der Waals surface area contributed by atoms with Crippen molar-refractivity contribution in [3.63, 3.8) is 0 Å². The highest BCUT2D eigenvalue weighted by Crippen LogP contribution is 2.27. The Morgan fingerprint density at radius 1 is 1.30 bits per heavy atom. The molecule has 1 N–H and O–H groups in total. The lowest BCUT2D eigenvalue weighted by Gasteiger charge is -2.29. The molecule has 0 radical (unpaired) electrons. The molecular weight excluding hydrogens is 248 g/mol. The molecule has 0 aromatic heterocycles. The summed E-state index contributed by atoms with van der Waals surface area (Å²) >= 11 is 0. The molecule has 1 atom stereocenters. The number of methoxy groups -OCH3 is 1. The fourth-order valence-corrected chi connectivity index (χ4v) is 3.48. The predicted molar refractivity (Wildman–Crippen MR) is 84.4 cm³/mol. The zero-order valence-corrected chi connectivity index (χ0v) is 13.5. The number of hydrogen-bond donors (Lipinski definition) is 1. The fourth-order valence-electron chi connectivity index (χ4n) is 3.48. The normalized spacial score (nSPS) is 22.5. The van der Waals surface area contributed by atoms with Crippen molar-refractivity contribution < 1.29 is 4.74 Å². The molecule has 1 aromatic rings. The molecule has 0 saturated carbocycles. The smallest absolute Gasteiger partial charge is 0.124 e. The van der Waals surface area contributed by atoms with Gasteiger partial charge in [-0.05, 0) is 56.0 Å². The Hall–Kier alpha value is -1.06. The van der Waals surface area contributed by atoms with Crippen molar-refractivity contribution in [2.45, 2.75) is 33.7 Å². The first kappa shape index (κ1) is 15.3. The van der Waals surface area contributed by atoms with Crippen LogP contribution in [0.25, 0.3) is 0 Å². The van der Waals surface area contributed by atoms with Gasteiger partial charge in [0.1, 0.15) is 5.75 Å². The lowest BCUT2D eigenvalue weighted by molar-refractivity contribution is 0.203. The van der Waals surface area contributed by atoms with Crippen molar-refractivity contribution in [1.82, 2.24) is 10.2 Å². The Bertz CT molecular complexity index is 441. The Labute approximate surface area is 123 Å². The molecule has 1 unspecified atom stereocenters. The van der Waals surface area contributed by atoms with Crippen molar-refractivity contribution in [2.75, 3.05) is 33.8 Å². The van der Waals surface area contributed by atoms with Crippen LogP contribution < -0.4 is 10.1 Å². The van der Waals surface area contributed by atoms with E-state index >= 15 is 0 Å². The van der Waals surface area contributed by atoms with E-state index in [0.717, 1.165) is 31.9 Å². The van der Waals surface area contributed by atoms with Crippen LogP contribution in [0.5, 0.6) is 5.75 Å². The van der Waals surface area contributed by atoms with E-state index in [4.69, 9.17) is 4.74 Å². The fraction of sp³-hybridized carbons (Fsp3) is 0.647. The number of rotatable bonds is 5. The predicted octanol–water partition coefficient (Wildman–Crippen LogP) is 2.74. The zero-order valence-electron chi connectivity index (χ0n) is 13.5. The molecule has 1 heterocycles. The topological polar surface area (TPSA) is 24.5 Å². The highest BCUT2D eigenvalue weighted by molar-refractivity contribution is 5.43. The molecule has 3 nitrogen and oxygen atoms in total. The van der Waals surface area contributed by atoms with Crippen LogP contribution in [0.3, 0.4) is 0 Å². The first-order valence-electron chi connectivity index (χ1n) is 7.47. The van der Waals surface area contributed by atoms with Gasteiger partial charge in [0.2, 0.25) is 0 Å². The Morgan fingerprint density at radius 2 is 1.95 bits per heavy atom. The summed E-state index contributed by atoms with van der Waals surface area (Å²) < 4.78 is 5.44. The third-order valence-electron chi connectivity index (χ3n) is 4.29. The van der Waals surface area contributed by atoms with Crippen molar-refractivity contribution in [2.24, 2.45) is 5.41 Å². The first-order valence-corrected chi connectivity index (χ1v) is 7.47. The molecule has 1 aliphatic heterocycles. The van der Waals surface area contributed by atoms with Crippen LogP contribution in [0.4, 0.5) is 0 Å². The van der Waals surface area contributed by atoms with Crippen LogP contribution in [0.1, 0.15) is 30.0 Å². The molecule has 1 aromatic carbocycles. The molecule has 0 spiro atoms. The Balaban J connectivity index is 2.02. The molecule has 1 saturated heterocycles. The van der Waals surface area contributed by atoms with E-state index in [1.807, 2.05) is 0 Å². The highest BCUT2D eigenvalue weighted by atomic mass is 16.5. The second-order valence-electron chi connectivity index (χ2n) is 6.67. The second kappa shape index (κ2) is 6.15. The van der Waals surface area contributed by atoms with Gasteiger partial charge in [-0.15, -0.1) is 0 Å². The molecular formula is C17H28N2O. The van der Waals surface area contributed by atoms with Gasteiger partial charge in [-0.3, -0.25) is 0 Å². The van der Waals surface area contributed by atoms with E-state index in [-0.39, 0.29) is 0 Å². The zero-order chi connectivity index (χ0) is 14.8. The number of hydrogen-bond acceptors (Lipinski definition) is 3. The molecule has 1 fully saturated rings. The lowest BCUT2D eigenvalue weighted by Crippen LogP contribution is -2.34. The molecule has 0 bridgehead atoms. The maximum absolute atomic E-state index is 5.44. The Morgan fingerprint density at radius 3 is 2.45 bits per heavy atom. The van der Waals surface area contributed by atoms with Crippen LogP contribution in [-0.4, -0.2) is 38.7 Å². The summed E-state index contributed by atoms with van der Waals surface area (Å²) in [5.74, 6) is 1.02. The summed E-state index contributed by atoms with van der Waals surface area (Å²) in [5.41, 5.74) is 4.25. The minimum Gasteiger partial charge on any atom is -0.496 e. The van der Waals surface area contributed by atoms with Gasteiger partial charge >= 0.3 is 0 Å². The van der Waals surface area contributed by atoms with Crippen molar-refractivity contribution >= 4 is 0 Å². The van der Waals surface area contributed by atoms with Gasteiger partial charge in [0.25, 0.3) is 0 Å². The Kier molecular flexibility index (Phi) is 4.71. The van der Waals surface area contributed by atoms with Gasteiger partial charge < -0.3 is 15.0 Å². The third-order valence-corrected chi connectivity index (χ3v) is 4.29. The molecule has 0 aliphatic carbocycles. The summed E-state index contributed by atoms with van der Waals surface area (Å²) in [6.45, 7) is 11.1. The van der Waals surface area contributed by atoms with E-state index in [1.54, 1.807) is 7.11 Å². The van der Waals surface area contributed by atoms with Crippen LogP contribution in [0, 0.1) is 19.3 Å². The number of benzene rings is 1. The van der Waals surface area contributed by atoms with Crippen LogP contribution in [0.15, 0.2) is 12.1 Å². The van der Waals surface area contributed by atoms with E-state index < -0.39 is 0 Å². The van der Waals surface area contributed by atoms with Crippen molar-refractivity contribution in [3.05, 3.63) is 28.8 Å².